The van der Waals surface area contributed by atoms with Crippen molar-refractivity contribution in [3.05, 3.63) is 59.2 Å². The highest BCUT2D eigenvalue weighted by atomic mass is 19.4. The summed E-state index contributed by atoms with van der Waals surface area (Å²) >= 11 is 0. The van der Waals surface area contributed by atoms with Gasteiger partial charge in [0.05, 0.1) is 26.4 Å². The highest BCUT2D eigenvalue weighted by molar-refractivity contribution is 6.02. The van der Waals surface area contributed by atoms with Gasteiger partial charge in [0.25, 0.3) is 5.91 Å². The van der Waals surface area contributed by atoms with E-state index in [1.165, 1.54) is 31.3 Å². The quantitative estimate of drug-likeness (QED) is 0.623. The zero-order valence-electron chi connectivity index (χ0n) is 20.2. The number of rotatable bonds is 6. The van der Waals surface area contributed by atoms with Crippen LogP contribution in [0.3, 0.4) is 0 Å². The van der Waals surface area contributed by atoms with Crippen LogP contribution < -0.4 is 14.8 Å². The molecule has 1 aliphatic carbocycles. The molecule has 2 amide bonds. The summed E-state index contributed by atoms with van der Waals surface area (Å²) in [5, 5.41) is 2.69. The number of nitrogens with one attached hydrogen (secondary N) is 1. The van der Waals surface area contributed by atoms with Crippen LogP contribution in [0.5, 0.6) is 11.5 Å². The van der Waals surface area contributed by atoms with E-state index in [9.17, 15) is 22.8 Å². The van der Waals surface area contributed by atoms with E-state index >= 15 is 0 Å². The summed E-state index contributed by atoms with van der Waals surface area (Å²) in [5.74, 6) is -0.347. The maximum absolute atomic E-state index is 14.0. The Morgan fingerprint density at radius 1 is 1.06 bits per heavy atom. The third-order valence-electron chi connectivity index (χ3n) is 6.78. The van der Waals surface area contributed by atoms with Crippen molar-refractivity contribution in [2.75, 3.05) is 20.8 Å². The van der Waals surface area contributed by atoms with Gasteiger partial charge in [0, 0.05) is 6.54 Å². The molecule has 1 atom stereocenters. The molecule has 2 aromatic rings. The number of amides is 2. The van der Waals surface area contributed by atoms with Crippen molar-refractivity contribution in [1.29, 1.82) is 0 Å². The lowest BCUT2D eigenvalue weighted by Crippen LogP contribution is -2.56. The van der Waals surface area contributed by atoms with Crippen molar-refractivity contribution in [2.45, 2.75) is 56.6 Å². The summed E-state index contributed by atoms with van der Waals surface area (Å²) in [6, 6.07) is 8.79. The van der Waals surface area contributed by atoms with Crippen molar-refractivity contribution < 1.29 is 37.0 Å². The minimum absolute atomic E-state index is 0.0162. The van der Waals surface area contributed by atoms with E-state index in [4.69, 9.17) is 14.2 Å². The van der Waals surface area contributed by atoms with Gasteiger partial charge in [0.1, 0.15) is 28.8 Å². The summed E-state index contributed by atoms with van der Waals surface area (Å²) in [7, 11) is 2.89. The topological polar surface area (TPSA) is 77.1 Å². The average molecular weight is 507 g/mol. The van der Waals surface area contributed by atoms with E-state index in [0.29, 0.717) is 29.9 Å². The fourth-order valence-corrected chi connectivity index (χ4v) is 5.02. The molecule has 1 aliphatic heterocycles. The van der Waals surface area contributed by atoms with Gasteiger partial charge in [0.2, 0.25) is 5.91 Å². The van der Waals surface area contributed by atoms with Gasteiger partial charge in [-0.05, 0) is 55.5 Å². The molecule has 1 spiro atoms. The number of hydrogen-bond acceptors (Lipinski definition) is 5. The molecule has 7 nitrogen and oxygen atoms in total. The molecule has 1 N–H and O–H groups in total. The van der Waals surface area contributed by atoms with E-state index in [-0.39, 0.29) is 18.7 Å². The van der Waals surface area contributed by atoms with Crippen molar-refractivity contribution in [3.8, 4) is 11.5 Å². The number of nitrogens with zero attached hydrogens (tertiary/aromatic N) is 1. The SMILES string of the molecule is COc1cccc(OC)c1C(=O)N1C(C(=O)NCc2cccc(C(F)(F)F)c2)COC12CCCCC2. The lowest BCUT2D eigenvalue weighted by Gasteiger charge is -2.41. The van der Waals surface area contributed by atoms with E-state index in [1.807, 2.05) is 0 Å². The molecular formula is C26H29F3N2O5. The van der Waals surface area contributed by atoms with Crippen LogP contribution in [0, 0.1) is 0 Å². The highest BCUT2D eigenvalue weighted by Gasteiger charge is 2.53. The first kappa shape index (κ1) is 25.8. The zero-order chi connectivity index (χ0) is 25.9. The molecule has 1 saturated heterocycles. The Hall–Kier alpha value is -3.27. The van der Waals surface area contributed by atoms with Crippen molar-refractivity contribution in [3.63, 3.8) is 0 Å². The van der Waals surface area contributed by atoms with Gasteiger partial charge < -0.3 is 19.5 Å². The molecule has 2 fully saturated rings. The average Bonchev–Trinajstić information content (AvgIpc) is 3.24. The minimum Gasteiger partial charge on any atom is -0.496 e. The molecule has 4 rings (SSSR count). The van der Waals surface area contributed by atoms with Gasteiger partial charge in [-0.25, -0.2) is 0 Å². The van der Waals surface area contributed by atoms with Gasteiger partial charge in [-0.1, -0.05) is 24.6 Å². The number of halogens is 3. The molecular weight excluding hydrogens is 477 g/mol. The summed E-state index contributed by atoms with van der Waals surface area (Å²) in [6.45, 7) is -0.135. The predicted molar refractivity (Wildman–Crippen MR) is 125 cm³/mol. The minimum atomic E-state index is -4.48. The first-order chi connectivity index (χ1) is 17.2. The van der Waals surface area contributed by atoms with Crippen LogP contribution in [0.15, 0.2) is 42.5 Å². The van der Waals surface area contributed by atoms with Crippen molar-refractivity contribution in [1.82, 2.24) is 10.2 Å². The van der Waals surface area contributed by atoms with E-state index < -0.39 is 35.3 Å². The number of alkyl halides is 3. The number of carbonyl (C=O) groups is 2. The molecule has 2 aromatic carbocycles. The molecule has 1 saturated carbocycles. The van der Waals surface area contributed by atoms with Gasteiger partial charge in [-0.3, -0.25) is 14.5 Å². The third-order valence-corrected chi connectivity index (χ3v) is 6.78. The standard InChI is InChI=1S/C26H29F3N2O5/c1-34-20-10-7-11-21(35-2)22(20)24(33)31-19(16-36-25(31)12-4-3-5-13-25)23(32)30-15-17-8-6-9-18(14-17)26(27,28)29/h6-11,14,19H,3-5,12-13,15-16H2,1-2H3,(H,30,32). The van der Waals surface area contributed by atoms with Crippen LogP contribution in [0.4, 0.5) is 13.2 Å². The normalized spacial score (nSPS) is 19.2. The van der Waals surface area contributed by atoms with Crippen LogP contribution in [0.2, 0.25) is 0 Å². The fourth-order valence-electron chi connectivity index (χ4n) is 5.02. The third kappa shape index (κ3) is 5.00. The molecule has 1 heterocycles. The maximum atomic E-state index is 14.0. The lowest BCUT2D eigenvalue weighted by atomic mass is 9.89. The Bertz CT molecular complexity index is 1090. The molecule has 0 radical (unpaired) electrons. The van der Waals surface area contributed by atoms with E-state index in [2.05, 4.69) is 5.32 Å². The predicted octanol–water partition coefficient (Wildman–Crippen LogP) is 4.54. The van der Waals surface area contributed by atoms with Gasteiger partial charge in [0.15, 0.2) is 0 Å². The summed E-state index contributed by atoms with van der Waals surface area (Å²) in [6.07, 6.45) is -0.654. The number of ether oxygens (including phenoxy) is 3. The van der Waals surface area contributed by atoms with Crippen molar-refractivity contribution in [2.24, 2.45) is 0 Å². The Kier molecular flexibility index (Phi) is 7.44. The number of methoxy groups -OCH3 is 2. The highest BCUT2D eigenvalue weighted by Crippen LogP contribution is 2.43. The molecule has 1 unspecified atom stereocenters. The maximum Gasteiger partial charge on any atom is 0.416 e. The number of benzene rings is 2. The summed E-state index contributed by atoms with van der Waals surface area (Å²) < 4.78 is 56.2. The second-order valence-electron chi connectivity index (χ2n) is 8.96. The molecule has 2 aliphatic rings. The Balaban J connectivity index is 1.62. The van der Waals surface area contributed by atoms with Crippen LogP contribution in [0.25, 0.3) is 0 Å². The van der Waals surface area contributed by atoms with Gasteiger partial charge in [-0.15, -0.1) is 0 Å². The van der Waals surface area contributed by atoms with Crippen LogP contribution >= 0.6 is 0 Å². The van der Waals surface area contributed by atoms with Crippen LogP contribution in [-0.2, 0) is 22.3 Å². The van der Waals surface area contributed by atoms with Gasteiger partial charge in [-0.2, -0.15) is 13.2 Å². The summed E-state index contributed by atoms with van der Waals surface area (Å²) in [5.41, 5.74) is -1.25. The number of carbonyl (C=O) groups excluding carboxylic acids is 2. The second kappa shape index (κ2) is 10.4. The molecule has 0 aromatic heterocycles. The van der Waals surface area contributed by atoms with Crippen LogP contribution in [-0.4, -0.2) is 49.3 Å². The number of hydrogen-bond donors (Lipinski definition) is 1. The van der Waals surface area contributed by atoms with E-state index in [0.717, 1.165) is 31.4 Å². The smallest absolute Gasteiger partial charge is 0.416 e. The van der Waals surface area contributed by atoms with Crippen molar-refractivity contribution >= 4 is 11.8 Å². The first-order valence-corrected chi connectivity index (χ1v) is 11.8. The Morgan fingerprint density at radius 2 is 1.69 bits per heavy atom. The molecule has 36 heavy (non-hydrogen) atoms. The monoisotopic (exact) mass is 506 g/mol. The Labute approximate surface area is 207 Å². The molecule has 0 bridgehead atoms. The fraction of sp³-hybridized carbons (Fsp3) is 0.462. The first-order valence-electron chi connectivity index (χ1n) is 11.8. The molecule has 10 heteroatoms. The summed E-state index contributed by atoms with van der Waals surface area (Å²) in [4.78, 5) is 28.8. The Morgan fingerprint density at radius 3 is 2.31 bits per heavy atom. The largest absolute Gasteiger partial charge is 0.496 e. The van der Waals surface area contributed by atoms with E-state index in [1.54, 1.807) is 18.2 Å². The lowest BCUT2D eigenvalue weighted by molar-refractivity contribution is -0.137. The molecule has 194 valence electrons. The van der Waals surface area contributed by atoms with Crippen LogP contribution in [0.1, 0.15) is 53.6 Å². The second-order valence-corrected chi connectivity index (χ2v) is 8.96. The van der Waals surface area contributed by atoms with Gasteiger partial charge >= 0.3 is 6.18 Å². The zero-order valence-corrected chi connectivity index (χ0v) is 20.2.